The summed E-state index contributed by atoms with van der Waals surface area (Å²) in [6.45, 7) is 5.91. The molecule has 0 aromatic heterocycles. The van der Waals surface area contributed by atoms with Gasteiger partial charge in [0, 0.05) is 11.3 Å². The molecule has 3 aromatic carbocycles. The first kappa shape index (κ1) is 34.3. The van der Waals surface area contributed by atoms with Crippen molar-refractivity contribution in [3.8, 4) is 17.2 Å². The van der Waals surface area contributed by atoms with Gasteiger partial charge in [-0.25, -0.2) is 14.4 Å². The normalized spacial score (nSPS) is 14.9. The summed E-state index contributed by atoms with van der Waals surface area (Å²) >= 11 is 0. The molecule has 1 aliphatic rings. The van der Waals surface area contributed by atoms with E-state index >= 15 is 0 Å². The number of methoxy groups -OCH3 is 1. The van der Waals surface area contributed by atoms with Crippen molar-refractivity contribution >= 4 is 24.2 Å². The fraction of sp³-hybridized carbons (Fsp3) is 0.294. The number of aliphatic hydroxyl groups excluding tert-OH is 1. The van der Waals surface area contributed by atoms with Gasteiger partial charge in [0.15, 0.2) is 17.7 Å². The number of esters is 2. The van der Waals surface area contributed by atoms with E-state index in [9.17, 15) is 19.5 Å². The van der Waals surface area contributed by atoms with Gasteiger partial charge >= 0.3 is 18.0 Å². The number of benzene rings is 3. The Morgan fingerprint density at radius 2 is 1.72 bits per heavy atom. The molecule has 248 valence electrons. The molecule has 4 N–H and O–H groups in total. The third-order valence-corrected chi connectivity index (χ3v) is 6.88. The van der Waals surface area contributed by atoms with E-state index in [4.69, 9.17) is 23.7 Å². The van der Waals surface area contributed by atoms with Crippen molar-refractivity contribution in [3.63, 3.8) is 0 Å². The van der Waals surface area contributed by atoms with Gasteiger partial charge in [0.2, 0.25) is 0 Å². The zero-order valence-electron chi connectivity index (χ0n) is 26.6. The molecule has 0 radical (unpaired) electrons. The summed E-state index contributed by atoms with van der Waals surface area (Å²) in [4.78, 5) is 36.5. The number of carbonyl (C=O) groups is 3. The number of aliphatic hydroxyl groups is 1. The van der Waals surface area contributed by atoms with Gasteiger partial charge < -0.3 is 39.4 Å². The molecule has 0 saturated heterocycles. The van der Waals surface area contributed by atoms with E-state index in [1.807, 2.05) is 18.2 Å². The SMILES string of the molecule is CCOC(=O)c1ccc(COc2ccccc2/C=N/N[C@@H](O)COc2ccc([C@@H]3NC(=O)NC(C)=C3C(=O)OC)cc2OCC)cc1. The van der Waals surface area contributed by atoms with Crippen LogP contribution in [0.2, 0.25) is 0 Å². The first-order valence-electron chi connectivity index (χ1n) is 14.9. The number of nitrogens with zero attached hydrogens (tertiary/aromatic N) is 1. The number of hydrazone groups is 1. The van der Waals surface area contributed by atoms with Gasteiger partial charge in [0.05, 0.1) is 43.7 Å². The first-order valence-corrected chi connectivity index (χ1v) is 14.9. The third kappa shape index (κ3) is 9.23. The number of allylic oxidation sites excluding steroid dienone is 1. The second kappa shape index (κ2) is 16.7. The van der Waals surface area contributed by atoms with E-state index in [0.29, 0.717) is 52.8 Å². The van der Waals surface area contributed by atoms with Crippen LogP contribution in [0.3, 0.4) is 0 Å². The molecule has 0 saturated carbocycles. The Morgan fingerprint density at radius 1 is 0.957 bits per heavy atom. The molecule has 1 heterocycles. The Labute approximate surface area is 272 Å². The number of rotatable bonds is 15. The van der Waals surface area contributed by atoms with Crippen LogP contribution in [0.25, 0.3) is 0 Å². The van der Waals surface area contributed by atoms with Crippen molar-refractivity contribution in [3.05, 3.63) is 100 Å². The van der Waals surface area contributed by atoms with Gasteiger partial charge in [-0.15, -0.1) is 0 Å². The van der Waals surface area contributed by atoms with Crippen molar-refractivity contribution in [1.82, 2.24) is 16.1 Å². The lowest BCUT2D eigenvalue weighted by atomic mass is 9.95. The van der Waals surface area contributed by atoms with Gasteiger partial charge in [-0.05, 0) is 68.3 Å². The van der Waals surface area contributed by atoms with Crippen LogP contribution in [0.1, 0.15) is 53.9 Å². The second-order valence-electron chi connectivity index (χ2n) is 10.2. The maximum Gasteiger partial charge on any atom is 0.338 e. The van der Waals surface area contributed by atoms with Crippen LogP contribution in [-0.2, 0) is 20.9 Å². The molecule has 2 atom stereocenters. The van der Waals surface area contributed by atoms with Crippen LogP contribution in [-0.4, -0.2) is 62.4 Å². The molecule has 2 amide bonds. The van der Waals surface area contributed by atoms with Gasteiger partial charge in [-0.1, -0.05) is 30.3 Å². The van der Waals surface area contributed by atoms with Crippen LogP contribution >= 0.6 is 0 Å². The van der Waals surface area contributed by atoms with Crippen molar-refractivity contribution in [2.45, 2.75) is 39.6 Å². The molecule has 13 heteroatoms. The molecule has 1 aliphatic heterocycles. The maximum atomic E-state index is 12.5. The number of nitrogens with one attached hydrogen (secondary N) is 3. The lowest BCUT2D eigenvalue weighted by Gasteiger charge is -2.28. The average Bonchev–Trinajstić information content (AvgIpc) is 3.07. The van der Waals surface area contributed by atoms with Crippen LogP contribution in [0.4, 0.5) is 4.79 Å². The summed E-state index contributed by atoms with van der Waals surface area (Å²) in [6.07, 6.45) is 0.344. The predicted molar refractivity (Wildman–Crippen MR) is 172 cm³/mol. The fourth-order valence-electron chi connectivity index (χ4n) is 4.65. The molecular weight excluding hydrogens is 608 g/mol. The molecule has 0 spiro atoms. The largest absolute Gasteiger partial charge is 0.490 e. The third-order valence-electron chi connectivity index (χ3n) is 6.88. The Bertz CT molecular complexity index is 1620. The summed E-state index contributed by atoms with van der Waals surface area (Å²) in [5.41, 5.74) is 5.86. The van der Waals surface area contributed by atoms with E-state index in [1.54, 1.807) is 69.3 Å². The molecule has 47 heavy (non-hydrogen) atoms. The molecular formula is C34H38N4O9. The summed E-state index contributed by atoms with van der Waals surface area (Å²) in [7, 11) is 1.27. The number of amides is 2. The van der Waals surface area contributed by atoms with Crippen LogP contribution in [0.5, 0.6) is 17.2 Å². The topological polar surface area (TPSA) is 166 Å². The smallest absolute Gasteiger partial charge is 0.338 e. The quantitative estimate of drug-likeness (QED) is 0.0822. The average molecular weight is 647 g/mol. The standard InChI is InChI=1S/C34H38N4O9/c1-5-44-28-17-24(31-30(33(41)43-4)21(3)36-34(42)37-31)15-16-27(28)47-20-29(39)38-35-18-25-9-7-8-10-26(25)46-19-22-11-13-23(14-12-22)32(40)45-6-2/h7-18,29,31,38-39H,5-6,19-20H2,1-4H3,(H2,36,37,42)/b35-18+/t29-,31-/m0/s1. The van der Waals surface area contributed by atoms with E-state index in [-0.39, 0.29) is 24.8 Å². The Hall–Kier alpha value is -5.56. The molecule has 0 unspecified atom stereocenters. The first-order chi connectivity index (χ1) is 22.7. The predicted octanol–water partition coefficient (Wildman–Crippen LogP) is 3.96. The van der Waals surface area contributed by atoms with Crippen LogP contribution < -0.4 is 30.3 Å². The van der Waals surface area contributed by atoms with Crippen LogP contribution in [0, 0.1) is 0 Å². The van der Waals surface area contributed by atoms with Crippen molar-refractivity contribution in [1.29, 1.82) is 0 Å². The van der Waals surface area contributed by atoms with E-state index in [1.165, 1.54) is 13.3 Å². The summed E-state index contributed by atoms with van der Waals surface area (Å²) in [6, 6.07) is 18.0. The van der Waals surface area contributed by atoms with E-state index in [0.717, 1.165) is 5.56 Å². The highest BCUT2D eigenvalue weighted by molar-refractivity contribution is 5.95. The monoisotopic (exact) mass is 646 g/mol. The van der Waals surface area contributed by atoms with Crippen molar-refractivity contribution in [2.24, 2.45) is 5.10 Å². The Morgan fingerprint density at radius 3 is 2.45 bits per heavy atom. The molecule has 13 nitrogen and oxygen atoms in total. The van der Waals surface area contributed by atoms with E-state index in [2.05, 4.69) is 21.2 Å². The van der Waals surface area contributed by atoms with Gasteiger partial charge in [0.1, 0.15) is 19.0 Å². The summed E-state index contributed by atoms with van der Waals surface area (Å²) < 4.78 is 27.5. The van der Waals surface area contributed by atoms with Crippen molar-refractivity contribution in [2.75, 3.05) is 26.9 Å². The number of hydrogen-bond acceptors (Lipinski definition) is 11. The minimum absolute atomic E-state index is 0.173. The van der Waals surface area contributed by atoms with E-state index < -0.39 is 24.3 Å². The molecule has 0 aliphatic carbocycles. The minimum atomic E-state index is -1.17. The fourth-order valence-corrected chi connectivity index (χ4v) is 4.65. The van der Waals surface area contributed by atoms with Gasteiger partial charge in [0.25, 0.3) is 0 Å². The molecule has 0 fully saturated rings. The second-order valence-corrected chi connectivity index (χ2v) is 10.2. The Kier molecular flexibility index (Phi) is 12.2. The molecule has 0 bridgehead atoms. The minimum Gasteiger partial charge on any atom is -0.490 e. The lowest BCUT2D eigenvalue weighted by molar-refractivity contribution is -0.136. The molecule has 4 rings (SSSR count). The highest BCUT2D eigenvalue weighted by Gasteiger charge is 2.32. The number of para-hydroxylation sites is 1. The summed E-state index contributed by atoms with van der Waals surface area (Å²) in [5, 5.41) is 20.0. The lowest BCUT2D eigenvalue weighted by Crippen LogP contribution is -2.45. The zero-order chi connectivity index (χ0) is 33.8. The highest BCUT2D eigenvalue weighted by Crippen LogP contribution is 2.35. The Balaban J connectivity index is 1.35. The number of carbonyl (C=O) groups excluding carboxylic acids is 3. The van der Waals surface area contributed by atoms with Crippen molar-refractivity contribution < 1.29 is 43.2 Å². The van der Waals surface area contributed by atoms with Gasteiger partial charge in [-0.2, -0.15) is 5.10 Å². The molecule has 3 aromatic rings. The number of urea groups is 1. The van der Waals surface area contributed by atoms with Gasteiger partial charge in [-0.3, -0.25) is 5.43 Å². The number of ether oxygens (including phenoxy) is 5. The number of hydrogen-bond donors (Lipinski definition) is 4. The van der Waals surface area contributed by atoms with Crippen LogP contribution in [0.15, 0.2) is 83.1 Å². The zero-order valence-corrected chi connectivity index (χ0v) is 26.6. The maximum absolute atomic E-state index is 12.5. The summed E-state index contributed by atoms with van der Waals surface area (Å²) in [5.74, 6) is 0.322. The highest BCUT2D eigenvalue weighted by atomic mass is 16.5.